The van der Waals surface area contributed by atoms with Crippen molar-refractivity contribution in [2.45, 2.75) is 0 Å². The van der Waals surface area contributed by atoms with Crippen LogP contribution in [0.4, 0.5) is 5.69 Å². The van der Waals surface area contributed by atoms with Crippen LogP contribution in [0.1, 0.15) is 10.4 Å². The zero-order chi connectivity index (χ0) is 21.2. The van der Waals surface area contributed by atoms with Crippen molar-refractivity contribution >= 4 is 31.8 Å². The van der Waals surface area contributed by atoms with Gasteiger partial charge in [-0.3, -0.25) is 9.52 Å². The molecule has 1 aromatic rings. The van der Waals surface area contributed by atoms with Crippen LogP contribution in [-0.4, -0.2) is 107 Å². The van der Waals surface area contributed by atoms with Crippen molar-refractivity contribution < 1.29 is 21.6 Å². The van der Waals surface area contributed by atoms with E-state index in [1.54, 1.807) is 23.1 Å². The van der Waals surface area contributed by atoms with Crippen LogP contribution in [0.25, 0.3) is 0 Å². The Kier molecular flexibility index (Phi) is 6.48. The van der Waals surface area contributed by atoms with Crippen LogP contribution in [0.5, 0.6) is 0 Å². The van der Waals surface area contributed by atoms with Crippen LogP contribution in [0.15, 0.2) is 24.3 Å². The number of nitrogens with zero attached hydrogens (tertiary/aromatic N) is 4. The number of carbonyl (C=O) groups excluding carboxylic acids is 1. The summed E-state index contributed by atoms with van der Waals surface area (Å²) >= 11 is 0. The van der Waals surface area contributed by atoms with Crippen LogP contribution in [0.2, 0.25) is 0 Å². The van der Waals surface area contributed by atoms with E-state index in [0.717, 1.165) is 6.26 Å². The lowest BCUT2D eigenvalue weighted by Crippen LogP contribution is -2.57. The lowest BCUT2D eigenvalue weighted by atomic mass is 10.1. The SMILES string of the molecule is CN1CCN(S(=O)(=O)N2CCN(C(=O)c3cccc(NS(C)(=O)=O)c3)CC2)CC1. The van der Waals surface area contributed by atoms with Crippen molar-refractivity contribution in [1.82, 2.24) is 18.4 Å². The second kappa shape index (κ2) is 8.56. The van der Waals surface area contributed by atoms with E-state index in [9.17, 15) is 21.6 Å². The fraction of sp³-hybridized carbons (Fsp3) is 0.588. The van der Waals surface area contributed by atoms with Crippen molar-refractivity contribution in [1.29, 1.82) is 0 Å². The molecule has 1 aromatic carbocycles. The number of hydrogen-bond acceptors (Lipinski definition) is 6. The summed E-state index contributed by atoms with van der Waals surface area (Å²) in [5.74, 6) is -0.251. The summed E-state index contributed by atoms with van der Waals surface area (Å²) in [7, 11) is -5.00. The Hall–Kier alpha value is -1.73. The molecule has 162 valence electrons. The summed E-state index contributed by atoms with van der Waals surface area (Å²) in [5.41, 5.74) is 0.670. The second-order valence-electron chi connectivity index (χ2n) is 7.36. The predicted octanol–water partition coefficient (Wildman–Crippen LogP) is -0.692. The van der Waals surface area contributed by atoms with E-state index in [4.69, 9.17) is 0 Å². The predicted molar refractivity (Wildman–Crippen MR) is 110 cm³/mol. The van der Waals surface area contributed by atoms with Crippen LogP contribution < -0.4 is 4.72 Å². The van der Waals surface area contributed by atoms with Gasteiger partial charge in [-0.1, -0.05) is 6.07 Å². The van der Waals surface area contributed by atoms with Gasteiger partial charge in [0, 0.05) is 63.6 Å². The van der Waals surface area contributed by atoms with E-state index in [-0.39, 0.29) is 32.1 Å². The molecule has 0 bridgehead atoms. The lowest BCUT2D eigenvalue weighted by Gasteiger charge is -2.39. The fourth-order valence-corrected chi connectivity index (χ4v) is 5.55. The van der Waals surface area contributed by atoms with E-state index in [0.29, 0.717) is 37.4 Å². The van der Waals surface area contributed by atoms with Gasteiger partial charge in [0.1, 0.15) is 0 Å². The molecule has 1 amide bonds. The monoisotopic (exact) mass is 445 g/mol. The number of anilines is 1. The Balaban J connectivity index is 1.62. The highest BCUT2D eigenvalue weighted by atomic mass is 32.2. The average Bonchev–Trinajstić information content (AvgIpc) is 2.67. The standard InChI is InChI=1S/C17H27N5O5S2/c1-19-6-10-21(11-7-19)29(26,27)22-12-8-20(9-13-22)17(23)15-4-3-5-16(14-15)18-28(2,24)25/h3-5,14,18H,6-13H2,1-2H3. The highest BCUT2D eigenvalue weighted by molar-refractivity contribution is 7.92. The van der Waals surface area contributed by atoms with Gasteiger partial charge in [0.2, 0.25) is 10.0 Å². The van der Waals surface area contributed by atoms with Gasteiger partial charge < -0.3 is 9.80 Å². The molecule has 1 N–H and O–H groups in total. The highest BCUT2D eigenvalue weighted by Gasteiger charge is 2.34. The average molecular weight is 446 g/mol. The number of likely N-dealkylation sites (N-methyl/N-ethyl adjacent to an activating group) is 1. The first-order chi connectivity index (χ1) is 13.6. The number of piperazine rings is 2. The molecule has 0 aliphatic carbocycles. The maximum atomic E-state index is 12.8. The third-order valence-corrected chi connectivity index (χ3v) is 7.70. The number of benzene rings is 1. The molecule has 2 saturated heterocycles. The molecule has 29 heavy (non-hydrogen) atoms. The molecule has 10 nitrogen and oxygen atoms in total. The highest BCUT2D eigenvalue weighted by Crippen LogP contribution is 2.18. The Labute approximate surface area is 172 Å². The number of nitrogens with one attached hydrogen (secondary N) is 1. The molecular formula is C17H27N5O5S2. The van der Waals surface area contributed by atoms with Crippen molar-refractivity contribution in [3.63, 3.8) is 0 Å². The van der Waals surface area contributed by atoms with Crippen LogP contribution >= 0.6 is 0 Å². The number of sulfonamides is 1. The minimum absolute atomic E-state index is 0.238. The first-order valence-corrected chi connectivity index (χ1v) is 12.7. The van der Waals surface area contributed by atoms with E-state index in [2.05, 4.69) is 9.62 Å². The molecule has 0 spiro atoms. The molecule has 12 heteroatoms. The van der Waals surface area contributed by atoms with Gasteiger partial charge in [0.05, 0.1) is 6.26 Å². The molecule has 2 aliphatic rings. The molecule has 2 aliphatic heterocycles. The Bertz CT molecular complexity index is 950. The smallest absolute Gasteiger partial charge is 0.282 e. The number of amides is 1. The molecule has 0 unspecified atom stereocenters. The number of carbonyl (C=O) groups is 1. The largest absolute Gasteiger partial charge is 0.336 e. The van der Waals surface area contributed by atoms with E-state index in [1.807, 2.05) is 7.05 Å². The molecule has 0 saturated carbocycles. The molecule has 0 radical (unpaired) electrons. The topological polar surface area (TPSA) is 110 Å². The summed E-state index contributed by atoms with van der Waals surface area (Å²) in [6.45, 7) is 3.40. The zero-order valence-electron chi connectivity index (χ0n) is 16.6. The molecule has 3 rings (SSSR count). The molecular weight excluding hydrogens is 418 g/mol. The summed E-state index contributed by atoms with van der Waals surface area (Å²) in [5, 5.41) is 0. The summed E-state index contributed by atoms with van der Waals surface area (Å²) in [4.78, 5) is 16.5. The minimum atomic E-state index is -3.52. The minimum Gasteiger partial charge on any atom is -0.336 e. The fourth-order valence-electron chi connectivity index (χ4n) is 3.42. The van der Waals surface area contributed by atoms with Gasteiger partial charge in [-0.15, -0.1) is 0 Å². The van der Waals surface area contributed by atoms with Crippen molar-refractivity contribution in [3.8, 4) is 0 Å². The molecule has 0 atom stereocenters. The van der Waals surface area contributed by atoms with E-state index < -0.39 is 20.2 Å². The van der Waals surface area contributed by atoms with Crippen molar-refractivity contribution in [2.24, 2.45) is 0 Å². The lowest BCUT2D eigenvalue weighted by molar-refractivity contribution is 0.0692. The van der Waals surface area contributed by atoms with Crippen molar-refractivity contribution in [3.05, 3.63) is 29.8 Å². The van der Waals surface area contributed by atoms with Gasteiger partial charge >= 0.3 is 0 Å². The van der Waals surface area contributed by atoms with Gasteiger partial charge in [-0.2, -0.15) is 17.0 Å². The zero-order valence-corrected chi connectivity index (χ0v) is 18.2. The van der Waals surface area contributed by atoms with Gasteiger partial charge in [0.25, 0.3) is 16.1 Å². The third kappa shape index (κ3) is 5.45. The van der Waals surface area contributed by atoms with Crippen LogP contribution in [-0.2, 0) is 20.2 Å². The second-order valence-corrected chi connectivity index (χ2v) is 11.0. The third-order valence-electron chi connectivity index (χ3n) is 5.05. The Morgan fingerprint density at radius 2 is 1.45 bits per heavy atom. The summed E-state index contributed by atoms with van der Waals surface area (Å²) in [6.07, 6.45) is 1.04. The first-order valence-electron chi connectivity index (χ1n) is 9.37. The van der Waals surface area contributed by atoms with E-state index >= 15 is 0 Å². The van der Waals surface area contributed by atoms with Crippen molar-refractivity contribution in [2.75, 3.05) is 70.4 Å². The summed E-state index contributed by atoms with van der Waals surface area (Å²) < 4.78 is 53.7. The van der Waals surface area contributed by atoms with Crippen LogP contribution in [0.3, 0.4) is 0 Å². The summed E-state index contributed by atoms with van der Waals surface area (Å²) in [6, 6.07) is 6.27. The van der Waals surface area contributed by atoms with Gasteiger partial charge in [-0.25, -0.2) is 8.42 Å². The maximum absolute atomic E-state index is 12.8. The molecule has 2 heterocycles. The Morgan fingerprint density at radius 1 is 0.897 bits per heavy atom. The maximum Gasteiger partial charge on any atom is 0.282 e. The van der Waals surface area contributed by atoms with Gasteiger partial charge in [0.15, 0.2) is 0 Å². The molecule has 2 fully saturated rings. The first kappa shape index (κ1) is 22.0. The van der Waals surface area contributed by atoms with Crippen LogP contribution in [0, 0.1) is 0 Å². The number of rotatable bonds is 5. The van der Waals surface area contributed by atoms with E-state index in [1.165, 1.54) is 14.7 Å². The Morgan fingerprint density at radius 3 is 2.00 bits per heavy atom. The quantitative estimate of drug-likeness (QED) is 0.642. The molecule has 0 aromatic heterocycles. The van der Waals surface area contributed by atoms with Gasteiger partial charge in [-0.05, 0) is 25.2 Å². The number of hydrogen-bond donors (Lipinski definition) is 1. The normalized spacial score (nSPS) is 20.6.